The molecule has 1 atom stereocenters. The second kappa shape index (κ2) is 7.09. The average Bonchev–Trinajstić information content (AvgIpc) is 3.00. The van der Waals surface area contributed by atoms with Gasteiger partial charge in [0, 0.05) is 5.69 Å². The number of H-pyrrole nitrogens is 1. The Bertz CT molecular complexity index is 839. The SMILES string of the molecule is Cc1ccc(NC(=O)CS[C@H](C)c2nc3ccccc3[nH]2)cc1C. The molecule has 1 aromatic heterocycles. The van der Waals surface area contributed by atoms with E-state index in [2.05, 4.69) is 29.1 Å². The van der Waals surface area contributed by atoms with E-state index in [1.807, 2.05) is 49.4 Å². The van der Waals surface area contributed by atoms with Crippen LogP contribution in [0.3, 0.4) is 0 Å². The maximum Gasteiger partial charge on any atom is 0.234 e. The average molecular weight is 339 g/mol. The summed E-state index contributed by atoms with van der Waals surface area (Å²) in [4.78, 5) is 20.1. The van der Waals surface area contributed by atoms with Crippen LogP contribution < -0.4 is 5.32 Å². The van der Waals surface area contributed by atoms with E-state index < -0.39 is 0 Å². The van der Waals surface area contributed by atoms with Crippen LogP contribution in [-0.2, 0) is 4.79 Å². The lowest BCUT2D eigenvalue weighted by Crippen LogP contribution is -2.15. The number of hydrogen-bond acceptors (Lipinski definition) is 3. The molecule has 2 aromatic carbocycles. The molecule has 3 aromatic rings. The number of carbonyl (C=O) groups is 1. The maximum atomic E-state index is 12.2. The molecule has 0 aliphatic heterocycles. The van der Waals surface area contributed by atoms with Crippen LogP contribution in [0, 0.1) is 13.8 Å². The summed E-state index contributed by atoms with van der Waals surface area (Å²) in [5.74, 6) is 1.30. The highest BCUT2D eigenvalue weighted by molar-refractivity contribution is 8.00. The third-order valence-electron chi connectivity index (χ3n) is 4.05. The molecule has 1 heterocycles. The van der Waals surface area contributed by atoms with Gasteiger partial charge in [0.1, 0.15) is 5.82 Å². The summed E-state index contributed by atoms with van der Waals surface area (Å²) in [5.41, 5.74) is 5.23. The summed E-state index contributed by atoms with van der Waals surface area (Å²) in [6.07, 6.45) is 0. The molecule has 3 rings (SSSR count). The Balaban J connectivity index is 1.58. The highest BCUT2D eigenvalue weighted by atomic mass is 32.2. The Labute approximate surface area is 146 Å². The van der Waals surface area contributed by atoms with Crippen LogP contribution in [0.15, 0.2) is 42.5 Å². The van der Waals surface area contributed by atoms with Crippen LogP contribution in [0.4, 0.5) is 5.69 Å². The summed E-state index contributed by atoms with van der Waals surface area (Å²) in [6.45, 7) is 6.17. The van der Waals surface area contributed by atoms with Crippen LogP contribution in [0.2, 0.25) is 0 Å². The number of carbonyl (C=O) groups excluding carboxylic acids is 1. The van der Waals surface area contributed by atoms with Crippen LogP contribution in [0.1, 0.15) is 29.1 Å². The minimum atomic E-state index is 0.00575. The molecular weight excluding hydrogens is 318 g/mol. The van der Waals surface area contributed by atoms with E-state index in [4.69, 9.17) is 0 Å². The molecule has 0 saturated carbocycles. The lowest BCUT2D eigenvalue weighted by Gasteiger charge is -2.10. The number of imidazole rings is 1. The summed E-state index contributed by atoms with van der Waals surface area (Å²) >= 11 is 1.57. The van der Waals surface area contributed by atoms with Gasteiger partial charge in [-0.3, -0.25) is 4.79 Å². The second-order valence-corrected chi connectivity index (χ2v) is 7.27. The summed E-state index contributed by atoms with van der Waals surface area (Å²) in [7, 11) is 0. The van der Waals surface area contributed by atoms with Crippen LogP contribution in [0.25, 0.3) is 11.0 Å². The topological polar surface area (TPSA) is 57.8 Å². The standard InChI is InChI=1S/C19H21N3OS/c1-12-8-9-15(10-13(12)2)20-18(23)11-24-14(3)19-21-16-6-4-5-7-17(16)22-19/h4-10,14H,11H2,1-3H3,(H,20,23)(H,21,22)/t14-/m1/s1. The van der Waals surface area contributed by atoms with E-state index in [1.54, 1.807) is 11.8 Å². The van der Waals surface area contributed by atoms with Crippen LogP contribution in [0.5, 0.6) is 0 Å². The molecule has 0 fully saturated rings. The van der Waals surface area contributed by atoms with Crippen molar-refractivity contribution in [3.63, 3.8) is 0 Å². The van der Waals surface area contributed by atoms with Crippen molar-refractivity contribution in [1.29, 1.82) is 0 Å². The molecule has 0 bridgehead atoms. The van der Waals surface area contributed by atoms with E-state index in [-0.39, 0.29) is 11.2 Å². The van der Waals surface area contributed by atoms with Crippen LogP contribution in [-0.4, -0.2) is 21.6 Å². The quantitative estimate of drug-likeness (QED) is 0.713. The molecule has 2 N–H and O–H groups in total. The predicted molar refractivity (Wildman–Crippen MR) is 102 cm³/mol. The molecule has 0 unspecified atom stereocenters. The lowest BCUT2D eigenvalue weighted by molar-refractivity contribution is -0.113. The number of nitrogens with one attached hydrogen (secondary N) is 2. The number of rotatable bonds is 5. The first-order valence-electron chi connectivity index (χ1n) is 7.96. The van der Waals surface area contributed by atoms with Crippen molar-refractivity contribution in [3.05, 3.63) is 59.4 Å². The molecule has 4 nitrogen and oxygen atoms in total. The number of hydrogen-bond donors (Lipinski definition) is 2. The number of anilines is 1. The van der Waals surface area contributed by atoms with Gasteiger partial charge in [0.05, 0.1) is 22.0 Å². The van der Waals surface area contributed by atoms with Crippen molar-refractivity contribution in [2.24, 2.45) is 0 Å². The number of thioether (sulfide) groups is 1. The number of aromatic amines is 1. The van der Waals surface area contributed by atoms with Gasteiger partial charge in [-0.1, -0.05) is 18.2 Å². The van der Waals surface area contributed by atoms with E-state index in [0.29, 0.717) is 5.75 Å². The van der Waals surface area contributed by atoms with Crippen molar-refractivity contribution >= 4 is 34.4 Å². The molecule has 1 amide bonds. The molecule has 124 valence electrons. The molecule has 24 heavy (non-hydrogen) atoms. The van der Waals surface area contributed by atoms with Crippen molar-refractivity contribution in [2.75, 3.05) is 11.1 Å². The van der Waals surface area contributed by atoms with Gasteiger partial charge < -0.3 is 10.3 Å². The highest BCUT2D eigenvalue weighted by Gasteiger charge is 2.13. The number of aromatic nitrogens is 2. The first-order chi connectivity index (χ1) is 11.5. The third kappa shape index (κ3) is 3.79. The van der Waals surface area contributed by atoms with Gasteiger partial charge in [0.15, 0.2) is 0 Å². The van der Waals surface area contributed by atoms with Gasteiger partial charge in [-0.25, -0.2) is 4.98 Å². The van der Waals surface area contributed by atoms with Crippen molar-refractivity contribution in [1.82, 2.24) is 9.97 Å². The number of para-hydroxylation sites is 2. The predicted octanol–water partition coefficient (Wildman–Crippen LogP) is 4.61. The van der Waals surface area contributed by atoms with E-state index >= 15 is 0 Å². The zero-order chi connectivity index (χ0) is 17.1. The fourth-order valence-electron chi connectivity index (χ4n) is 2.46. The Morgan fingerprint density at radius 1 is 1.21 bits per heavy atom. The zero-order valence-corrected chi connectivity index (χ0v) is 14.9. The Hall–Kier alpha value is -2.27. The second-order valence-electron chi connectivity index (χ2n) is 5.94. The Morgan fingerprint density at radius 3 is 2.75 bits per heavy atom. The molecular formula is C19H21N3OS. The van der Waals surface area contributed by atoms with E-state index in [9.17, 15) is 4.79 Å². The van der Waals surface area contributed by atoms with Gasteiger partial charge in [0.2, 0.25) is 5.91 Å². The molecule has 0 saturated heterocycles. The van der Waals surface area contributed by atoms with Crippen molar-refractivity contribution < 1.29 is 4.79 Å². The third-order valence-corrected chi connectivity index (χ3v) is 5.20. The first-order valence-corrected chi connectivity index (χ1v) is 9.01. The molecule has 0 radical (unpaired) electrons. The largest absolute Gasteiger partial charge is 0.341 e. The minimum Gasteiger partial charge on any atom is -0.341 e. The Kier molecular flexibility index (Phi) is 4.90. The van der Waals surface area contributed by atoms with Crippen LogP contribution >= 0.6 is 11.8 Å². The van der Waals surface area contributed by atoms with Gasteiger partial charge >= 0.3 is 0 Å². The molecule has 0 spiro atoms. The van der Waals surface area contributed by atoms with E-state index in [1.165, 1.54) is 11.1 Å². The smallest absolute Gasteiger partial charge is 0.234 e. The fourth-order valence-corrected chi connectivity index (χ4v) is 3.20. The number of aryl methyl sites for hydroxylation is 2. The van der Waals surface area contributed by atoms with Gasteiger partial charge in [-0.15, -0.1) is 11.8 Å². The zero-order valence-electron chi connectivity index (χ0n) is 14.1. The molecule has 5 heteroatoms. The first kappa shape index (κ1) is 16.6. The van der Waals surface area contributed by atoms with Gasteiger partial charge in [-0.05, 0) is 56.2 Å². The number of fused-ring (bicyclic) bond motifs is 1. The molecule has 0 aliphatic carbocycles. The number of nitrogens with zero attached hydrogens (tertiary/aromatic N) is 1. The normalized spacial score (nSPS) is 12.3. The van der Waals surface area contributed by atoms with Gasteiger partial charge in [0.25, 0.3) is 0 Å². The number of amides is 1. The maximum absolute atomic E-state index is 12.2. The monoisotopic (exact) mass is 339 g/mol. The fraction of sp³-hybridized carbons (Fsp3) is 0.263. The van der Waals surface area contributed by atoms with Crippen molar-refractivity contribution in [3.8, 4) is 0 Å². The lowest BCUT2D eigenvalue weighted by atomic mass is 10.1. The number of benzene rings is 2. The summed E-state index contributed by atoms with van der Waals surface area (Å²) in [5, 5.41) is 3.08. The minimum absolute atomic E-state index is 0.00575. The summed E-state index contributed by atoms with van der Waals surface area (Å²) in [6, 6.07) is 13.9. The summed E-state index contributed by atoms with van der Waals surface area (Å²) < 4.78 is 0. The Morgan fingerprint density at radius 2 is 2.00 bits per heavy atom. The highest BCUT2D eigenvalue weighted by Crippen LogP contribution is 2.27. The van der Waals surface area contributed by atoms with Gasteiger partial charge in [-0.2, -0.15) is 0 Å². The van der Waals surface area contributed by atoms with E-state index in [0.717, 1.165) is 22.5 Å². The van der Waals surface area contributed by atoms with Crippen molar-refractivity contribution in [2.45, 2.75) is 26.0 Å². The molecule has 0 aliphatic rings.